The van der Waals surface area contributed by atoms with Gasteiger partial charge in [0.2, 0.25) is 5.91 Å². The van der Waals surface area contributed by atoms with Crippen LogP contribution >= 0.6 is 0 Å². The zero-order chi connectivity index (χ0) is 14.5. The molecular weight excluding hydrogens is 256 g/mol. The van der Waals surface area contributed by atoms with Crippen molar-refractivity contribution in [3.05, 3.63) is 30.6 Å². The number of aromatic nitrogens is 3. The Labute approximate surface area is 117 Å². The highest BCUT2D eigenvalue weighted by molar-refractivity contribution is 5.95. The second-order valence-corrected chi connectivity index (χ2v) is 4.72. The van der Waals surface area contributed by atoms with E-state index in [1.54, 1.807) is 10.9 Å². The number of anilines is 1. The fraction of sp³-hybridized carbons (Fsp3) is 0.357. The number of benzene rings is 1. The van der Waals surface area contributed by atoms with Gasteiger partial charge in [0.15, 0.2) is 5.82 Å². The molecule has 0 unspecified atom stereocenters. The molecule has 0 bridgehead atoms. The minimum absolute atomic E-state index is 0.0229. The Hall–Kier alpha value is -2.21. The molecule has 6 nitrogen and oxygen atoms in total. The van der Waals surface area contributed by atoms with Gasteiger partial charge in [-0.15, -0.1) is 10.2 Å². The molecule has 0 aliphatic heterocycles. The lowest BCUT2D eigenvalue weighted by Crippen LogP contribution is -2.21. The molecule has 0 spiro atoms. The number of hydrogen-bond acceptors (Lipinski definition) is 4. The van der Waals surface area contributed by atoms with Crippen LogP contribution in [0.5, 0.6) is 0 Å². The van der Waals surface area contributed by atoms with E-state index < -0.39 is 0 Å². The van der Waals surface area contributed by atoms with Crippen molar-refractivity contribution < 1.29 is 9.53 Å². The first-order valence-corrected chi connectivity index (χ1v) is 6.42. The quantitative estimate of drug-likeness (QED) is 0.903. The van der Waals surface area contributed by atoms with Gasteiger partial charge >= 0.3 is 0 Å². The maximum Gasteiger partial charge on any atom is 0.250 e. The maximum atomic E-state index is 11.8. The standard InChI is InChI=1S/C14H18N4O2/c1-10(2)20-8-13(19)16-12-7-5-4-6-11(12)14-17-15-9-18(14)3/h4-7,9-10H,8H2,1-3H3,(H,16,19). The smallest absolute Gasteiger partial charge is 0.250 e. The van der Waals surface area contributed by atoms with Crippen molar-refractivity contribution in [3.63, 3.8) is 0 Å². The van der Waals surface area contributed by atoms with Crippen molar-refractivity contribution in [2.45, 2.75) is 20.0 Å². The third-order valence-electron chi connectivity index (χ3n) is 2.70. The lowest BCUT2D eigenvalue weighted by Gasteiger charge is -2.11. The van der Waals surface area contributed by atoms with E-state index in [4.69, 9.17) is 4.74 Å². The minimum atomic E-state index is -0.187. The molecule has 0 aliphatic carbocycles. The largest absolute Gasteiger partial charge is 0.369 e. The number of aryl methyl sites for hydroxylation is 1. The highest BCUT2D eigenvalue weighted by atomic mass is 16.5. The van der Waals surface area contributed by atoms with E-state index in [0.717, 1.165) is 5.56 Å². The van der Waals surface area contributed by atoms with E-state index >= 15 is 0 Å². The van der Waals surface area contributed by atoms with Crippen LogP contribution in [0.2, 0.25) is 0 Å². The van der Waals surface area contributed by atoms with Gasteiger partial charge < -0.3 is 14.6 Å². The molecule has 2 rings (SSSR count). The Bertz CT molecular complexity index is 592. The molecular formula is C14H18N4O2. The van der Waals surface area contributed by atoms with Gasteiger partial charge in [0, 0.05) is 12.6 Å². The van der Waals surface area contributed by atoms with Gasteiger partial charge in [-0.1, -0.05) is 12.1 Å². The van der Waals surface area contributed by atoms with Gasteiger partial charge in [-0.3, -0.25) is 4.79 Å². The van der Waals surface area contributed by atoms with Gasteiger partial charge in [0.05, 0.1) is 11.8 Å². The average Bonchev–Trinajstić information content (AvgIpc) is 2.83. The summed E-state index contributed by atoms with van der Waals surface area (Å²) in [7, 11) is 1.86. The van der Waals surface area contributed by atoms with Crippen molar-refractivity contribution in [1.29, 1.82) is 0 Å². The minimum Gasteiger partial charge on any atom is -0.369 e. The molecule has 0 saturated heterocycles. The molecule has 106 valence electrons. The second-order valence-electron chi connectivity index (χ2n) is 4.72. The van der Waals surface area contributed by atoms with Crippen LogP contribution in [0.3, 0.4) is 0 Å². The molecule has 1 aromatic carbocycles. The summed E-state index contributed by atoms with van der Waals surface area (Å²) in [6.07, 6.45) is 1.64. The van der Waals surface area contributed by atoms with Crippen molar-refractivity contribution in [1.82, 2.24) is 14.8 Å². The number of carbonyl (C=O) groups is 1. The number of carbonyl (C=O) groups excluding carboxylic acids is 1. The summed E-state index contributed by atoms with van der Waals surface area (Å²) in [5.41, 5.74) is 1.52. The summed E-state index contributed by atoms with van der Waals surface area (Å²) in [5.74, 6) is 0.513. The Morgan fingerprint density at radius 3 is 2.80 bits per heavy atom. The van der Waals surface area contributed by atoms with E-state index in [-0.39, 0.29) is 18.6 Å². The topological polar surface area (TPSA) is 69.0 Å². The van der Waals surface area contributed by atoms with E-state index in [0.29, 0.717) is 11.5 Å². The molecule has 0 fully saturated rings. The van der Waals surface area contributed by atoms with Crippen LogP contribution in [0.25, 0.3) is 11.4 Å². The fourth-order valence-electron chi connectivity index (χ4n) is 1.74. The van der Waals surface area contributed by atoms with Gasteiger partial charge in [0.25, 0.3) is 0 Å². The van der Waals surface area contributed by atoms with E-state index in [1.807, 2.05) is 45.2 Å². The molecule has 1 heterocycles. The Morgan fingerprint density at radius 1 is 1.40 bits per heavy atom. The fourth-order valence-corrected chi connectivity index (χ4v) is 1.74. The average molecular weight is 274 g/mol. The van der Waals surface area contributed by atoms with Crippen LogP contribution in [0.4, 0.5) is 5.69 Å². The van der Waals surface area contributed by atoms with Gasteiger partial charge in [0.1, 0.15) is 12.9 Å². The Kier molecular flexibility index (Phi) is 4.47. The van der Waals surface area contributed by atoms with Crippen LogP contribution in [0.15, 0.2) is 30.6 Å². The maximum absolute atomic E-state index is 11.8. The molecule has 2 aromatic rings. The second kappa shape index (κ2) is 6.29. The summed E-state index contributed by atoms with van der Waals surface area (Å²) in [6.45, 7) is 3.81. The van der Waals surface area contributed by atoms with Crippen LogP contribution < -0.4 is 5.32 Å². The van der Waals surface area contributed by atoms with Crippen molar-refractivity contribution in [2.24, 2.45) is 7.05 Å². The lowest BCUT2D eigenvalue weighted by molar-refractivity contribution is -0.121. The van der Waals surface area contributed by atoms with Crippen LogP contribution in [0, 0.1) is 0 Å². The summed E-state index contributed by atoms with van der Waals surface area (Å²) in [5, 5.41) is 10.7. The predicted molar refractivity (Wildman–Crippen MR) is 76.2 cm³/mol. The predicted octanol–water partition coefficient (Wildman–Crippen LogP) is 1.85. The summed E-state index contributed by atoms with van der Waals surface area (Å²) >= 11 is 0. The van der Waals surface area contributed by atoms with E-state index in [2.05, 4.69) is 15.5 Å². The number of hydrogen-bond donors (Lipinski definition) is 1. The monoisotopic (exact) mass is 274 g/mol. The van der Waals surface area contributed by atoms with Gasteiger partial charge in [-0.05, 0) is 26.0 Å². The van der Waals surface area contributed by atoms with Crippen molar-refractivity contribution >= 4 is 11.6 Å². The normalized spacial score (nSPS) is 10.8. The number of nitrogens with zero attached hydrogens (tertiary/aromatic N) is 3. The van der Waals surface area contributed by atoms with Crippen molar-refractivity contribution in [2.75, 3.05) is 11.9 Å². The zero-order valence-corrected chi connectivity index (χ0v) is 11.8. The SMILES string of the molecule is CC(C)OCC(=O)Nc1ccccc1-c1nncn1C. The van der Waals surface area contributed by atoms with E-state index in [1.165, 1.54) is 0 Å². The summed E-state index contributed by atoms with van der Waals surface area (Å²) < 4.78 is 7.09. The van der Waals surface area contributed by atoms with E-state index in [9.17, 15) is 4.79 Å². The number of rotatable bonds is 5. The number of para-hydroxylation sites is 1. The van der Waals surface area contributed by atoms with Crippen LogP contribution in [-0.2, 0) is 16.6 Å². The Morgan fingerprint density at radius 2 is 2.15 bits per heavy atom. The zero-order valence-electron chi connectivity index (χ0n) is 11.8. The first kappa shape index (κ1) is 14.2. The summed E-state index contributed by atoms with van der Waals surface area (Å²) in [6, 6.07) is 7.48. The highest BCUT2D eigenvalue weighted by Crippen LogP contribution is 2.25. The van der Waals surface area contributed by atoms with Crippen LogP contribution in [0.1, 0.15) is 13.8 Å². The molecule has 0 saturated carbocycles. The summed E-state index contributed by atoms with van der Waals surface area (Å²) in [4.78, 5) is 11.8. The molecule has 1 amide bonds. The molecule has 1 N–H and O–H groups in total. The molecule has 6 heteroatoms. The first-order valence-electron chi connectivity index (χ1n) is 6.42. The van der Waals surface area contributed by atoms with Crippen LogP contribution in [-0.4, -0.2) is 33.4 Å². The molecule has 0 radical (unpaired) electrons. The van der Waals surface area contributed by atoms with Gasteiger partial charge in [-0.25, -0.2) is 0 Å². The molecule has 0 atom stereocenters. The number of amides is 1. The number of nitrogens with one attached hydrogen (secondary N) is 1. The lowest BCUT2D eigenvalue weighted by atomic mass is 10.1. The molecule has 20 heavy (non-hydrogen) atoms. The third kappa shape index (κ3) is 3.42. The Balaban J connectivity index is 2.17. The molecule has 0 aliphatic rings. The highest BCUT2D eigenvalue weighted by Gasteiger charge is 2.12. The first-order chi connectivity index (χ1) is 9.58. The third-order valence-corrected chi connectivity index (χ3v) is 2.70. The van der Waals surface area contributed by atoms with Gasteiger partial charge in [-0.2, -0.15) is 0 Å². The molecule has 1 aromatic heterocycles. The van der Waals surface area contributed by atoms with Crippen molar-refractivity contribution in [3.8, 4) is 11.4 Å². The number of ether oxygens (including phenoxy) is 1.